The fourth-order valence-corrected chi connectivity index (χ4v) is 3.20. The molecule has 3 aromatic heterocycles. The van der Waals surface area contributed by atoms with E-state index in [1.54, 1.807) is 36.5 Å². The number of methoxy groups -OCH3 is 1. The lowest BCUT2D eigenvalue weighted by Gasteiger charge is -2.12. The normalized spacial score (nSPS) is 11.7. The second-order valence-electron chi connectivity index (χ2n) is 6.55. The molecule has 0 saturated heterocycles. The third-order valence-electron chi connectivity index (χ3n) is 4.49. The summed E-state index contributed by atoms with van der Waals surface area (Å²) in [7, 11) is 2.96. The lowest BCUT2D eigenvalue weighted by Crippen LogP contribution is -2.05. The van der Waals surface area contributed by atoms with Gasteiger partial charge in [-0.15, -0.1) is 0 Å². The van der Waals surface area contributed by atoms with Crippen molar-refractivity contribution in [2.24, 2.45) is 7.05 Å². The van der Waals surface area contributed by atoms with Crippen molar-refractivity contribution in [2.45, 2.75) is 12.8 Å². The van der Waals surface area contributed by atoms with Crippen LogP contribution >= 0.6 is 11.6 Å². The zero-order chi connectivity index (χ0) is 22.2. The summed E-state index contributed by atoms with van der Waals surface area (Å²) in [5.41, 5.74) is 0.564. The van der Waals surface area contributed by atoms with Gasteiger partial charge in [0.05, 0.1) is 12.5 Å². The topological polar surface area (TPSA) is 75.0 Å². The van der Waals surface area contributed by atoms with Crippen LogP contribution in [0.1, 0.15) is 11.3 Å². The van der Waals surface area contributed by atoms with Crippen molar-refractivity contribution in [2.75, 3.05) is 7.11 Å². The lowest BCUT2D eigenvalue weighted by atomic mass is 10.1. The van der Waals surface area contributed by atoms with Gasteiger partial charge in [-0.05, 0) is 29.8 Å². The Morgan fingerprint density at radius 2 is 1.94 bits per heavy atom. The maximum atomic E-state index is 13.0. The Balaban J connectivity index is 1.62. The molecule has 0 saturated carbocycles. The van der Waals surface area contributed by atoms with E-state index in [0.717, 1.165) is 6.20 Å². The van der Waals surface area contributed by atoms with Gasteiger partial charge in [0.25, 0.3) is 0 Å². The number of benzene rings is 1. The van der Waals surface area contributed by atoms with Crippen LogP contribution in [0.4, 0.5) is 13.2 Å². The number of pyridine rings is 1. The molecule has 0 aliphatic carbocycles. The molecular formula is C20H15ClF3N5O2. The smallest absolute Gasteiger partial charge is 0.434 e. The molecule has 4 rings (SSSR count). The van der Waals surface area contributed by atoms with Crippen molar-refractivity contribution in [1.82, 2.24) is 24.5 Å². The highest BCUT2D eigenvalue weighted by Gasteiger charge is 2.34. The molecule has 0 unspecified atom stereocenters. The average Bonchev–Trinajstić information content (AvgIpc) is 3.14. The Morgan fingerprint density at radius 1 is 1.13 bits per heavy atom. The number of fused-ring (bicyclic) bond motifs is 1. The lowest BCUT2D eigenvalue weighted by molar-refractivity contribution is -0.140. The number of nitrogens with zero attached hydrogens (tertiary/aromatic N) is 5. The fourth-order valence-electron chi connectivity index (χ4n) is 3.04. The van der Waals surface area contributed by atoms with E-state index in [1.165, 1.54) is 18.7 Å². The number of hydrogen-bond acceptors (Lipinski definition) is 6. The highest BCUT2D eigenvalue weighted by Crippen LogP contribution is 2.33. The summed E-state index contributed by atoms with van der Waals surface area (Å²) < 4.78 is 51.4. The average molecular weight is 450 g/mol. The number of halogens is 4. The maximum Gasteiger partial charge on any atom is 0.434 e. The molecule has 0 N–H and O–H groups in total. The van der Waals surface area contributed by atoms with Gasteiger partial charge in [0, 0.05) is 30.6 Å². The first kappa shape index (κ1) is 20.9. The van der Waals surface area contributed by atoms with Crippen LogP contribution in [0.2, 0.25) is 5.28 Å². The number of alkyl halides is 3. The first-order valence-electron chi connectivity index (χ1n) is 8.95. The zero-order valence-electron chi connectivity index (χ0n) is 16.3. The minimum Gasteiger partial charge on any atom is -0.496 e. The van der Waals surface area contributed by atoms with Crippen LogP contribution in [0.25, 0.3) is 22.4 Å². The number of ether oxygens (including phenoxy) is 2. The maximum absolute atomic E-state index is 13.0. The molecule has 0 bridgehead atoms. The van der Waals surface area contributed by atoms with Crippen molar-refractivity contribution in [1.29, 1.82) is 0 Å². The van der Waals surface area contributed by atoms with Gasteiger partial charge in [0.15, 0.2) is 11.3 Å². The van der Waals surface area contributed by atoms with E-state index in [-0.39, 0.29) is 23.6 Å². The molecule has 0 spiro atoms. The Morgan fingerprint density at radius 3 is 2.65 bits per heavy atom. The van der Waals surface area contributed by atoms with Gasteiger partial charge in [-0.25, -0.2) is 9.97 Å². The molecule has 0 fully saturated rings. The van der Waals surface area contributed by atoms with E-state index in [4.69, 9.17) is 21.1 Å². The minimum absolute atomic E-state index is 0.00114. The van der Waals surface area contributed by atoms with Gasteiger partial charge in [-0.2, -0.15) is 23.1 Å². The summed E-state index contributed by atoms with van der Waals surface area (Å²) in [5.74, 6) is 0.850. The summed E-state index contributed by atoms with van der Waals surface area (Å²) in [6.07, 6.45) is -2.00. The molecule has 0 aliphatic rings. The standard InChI is InChI=1S/C20H15ClF3N5O2/c1-29-9-15(20(22,23)24)26-17(29)11-5-6-12(14(8-11)30-2)10-31-18-13-4-3-7-25-16(13)27-19(21)28-18/h3-9H,10H2,1-2H3. The van der Waals surface area contributed by atoms with Crippen molar-refractivity contribution < 1.29 is 22.6 Å². The third kappa shape index (κ3) is 4.24. The van der Waals surface area contributed by atoms with Crippen molar-refractivity contribution in [3.05, 3.63) is 59.3 Å². The summed E-state index contributed by atoms with van der Waals surface area (Å²) in [5, 5.41) is 0.592. The minimum atomic E-state index is -4.52. The summed E-state index contributed by atoms with van der Waals surface area (Å²) in [6.45, 7) is 0.0785. The van der Waals surface area contributed by atoms with Gasteiger partial charge >= 0.3 is 6.18 Å². The summed E-state index contributed by atoms with van der Waals surface area (Å²) in [6, 6.07) is 8.43. The van der Waals surface area contributed by atoms with Crippen molar-refractivity contribution in [3.8, 4) is 23.0 Å². The van der Waals surface area contributed by atoms with Gasteiger partial charge in [-0.1, -0.05) is 12.1 Å². The molecule has 0 atom stereocenters. The van der Waals surface area contributed by atoms with E-state index < -0.39 is 11.9 Å². The fraction of sp³-hybridized carbons (Fsp3) is 0.200. The number of hydrogen-bond donors (Lipinski definition) is 0. The largest absolute Gasteiger partial charge is 0.496 e. The molecule has 4 aromatic rings. The predicted molar refractivity (Wildman–Crippen MR) is 107 cm³/mol. The Kier molecular flexibility index (Phi) is 5.40. The van der Waals surface area contributed by atoms with Crippen LogP contribution in [0.15, 0.2) is 42.7 Å². The second-order valence-corrected chi connectivity index (χ2v) is 6.88. The van der Waals surface area contributed by atoms with Gasteiger partial charge in [-0.3, -0.25) is 0 Å². The van der Waals surface area contributed by atoms with Gasteiger partial charge in [0.2, 0.25) is 11.2 Å². The molecule has 31 heavy (non-hydrogen) atoms. The number of aryl methyl sites for hydroxylation is 1. The predicted octanol–water partition coefficient (Wildman–Crippen LogP) is 4.69. The van der Waals surface area contributed by atoms with E-state index in [9.17, 15) is 13.2 Å². The Bertz CT molecular complexity index is 1260. The molecule has 3 heterocycles. The Labute approximate surface area is 179 Å². The monoisotopic (exact) mass is 449 g/mol. The van der Waals surface area contributed by atoms with E-state index in [2.05, 4.69) is 19.9 Å². The van der Waals surface area contributed by atoms with Crippen LogP contribution in [-0.4, -0.2) is 31.6 Å². The van der Waals surface area contributed by atoms with Gasteiger partial charge in [0.1, 0.15) is 18.2 Å². The number of rotatable bonds is 5. The number of imidazole rings is 1. The highest BCUT2D eigenvalue weighted by atomic mass is 35.5. The molecule has 7 nitrogen and oxygen atoms in total. The molecule has 0 amide bonds. The number of aromatic nitrogens is 5. The van der Waals surface area contributed by atoms with Gasteiger partial charge < -0.3 is 14.0 Å². The summed E-state index contributed by atoms with van der Waals surface area (Å²) in [4.78, 5) is 16.0. The first-order chi connectivity index (χ1) is 14.8. The third-order valence-corrected chi connectivity index (χ3v) is 4.65. The highest BCUT2D eigenvalue weighted by molar-refractivity contribution is 6.28. The molecule has 0 radical (unpaired) electrons. The van der Waals surface area contributed by atoms with Crippen LogP contribution in [-0.2, 0) is 19.8 Å². The molecule has 11 heteroatoms. The van der Waals surface area contributed by atoms with Crippen LogP contribution in [0.3, 0.4) is 0 Å². The van der Waals surface area contributed by atoms with Crippen molar-refractivity contribution in [3.63, 3.8) is 0 Å². The molecule has 160 valence electrons. The van der Waals surface area contributed by atoms with Crippen LogP contribution < -0.4 is 9.47 Å². The quantitative estimate of drug-likeness (QED) is 0.412. The van der Waals surface area contributed by atoms with E-state index in [1.807, 2.05) is 0 Å². The zero-order valence-corrected chi connectivity index (χ0v) is 17.1. The molecule has 1 aromatic carbocycles. The van der Waals surface area contributed by atoms with E-state index >= 15 is 0 Å². The Hall–Kier alpha value is -3.40. The molecule has 0 aliphatic heterocycles. The van der Waals surface area contributed by atoms with Crippen LogP contribution in [0.5, 0.6) is 11.6 Å². The second kappa shape index (κ2) is 8.03. The molecular weight excluding hydrogens is 435 g/mol. The van der Waals surface area contributed by atoms with Crippen LogP contribution in [0, 0.1) is 0 Å². The van der Waals surface area contributed by atoms with Crippen molar-refractivity contribution >= 4 is 22.6 Å². The first-order valence-corrected chi connectivity index (χ1v) is 9.33. The SMILES string of the molecule is COc1cc(-c2nc(C(F)(F)F)cn2C)ccc1COc1nc(Cl)nc2ncccc12. The van der Waals surface area contributed by atoms with E-state index in [0.29, 0.717) is 27.9 Å². The summed E-state index contributed by atoms with van der Waals surface area (Å²) >= 11 is 5.95.